The third kappa shape index (κ3) is 1.76. The molecule has 7 heteroatoms. The average Bonchev–Trinajstić information content (AvgIpc) is 2.76. The van der Waals surface area contributed by atoms with Gasteiger partial charge in [0.05, 0.1) is 0 Å². The van der Waals surface area contributed by atoms with Crippen LogP contribution in [0.25, 0.3) is 5.65 Å². The molecule has 1 aliphatic rings. The SMILES string of the molecule is O=C1CCN(c2cc(Br)cc3nccn23)C(=O)N1. The lowest BCUT2D eigenvalue weighted by Crippen LogP contribution is -2.50. The molecule has 18 heavy (non-hydrogen) atoms. The summed E-state index contributed by atoms with van der Waals surface area (Å²) in [6.07, 6.45) is 3.74. The molecule has 2 aromatic rings. The average molecular weight is 309 g/mol. The van der Waals surface area contributed by atoms with Gasteiger partial charge in [-0.2, -0.15) is 0 Å². The van der Waals surface area contributed by atoms with E-state index in [0.717, 1.165) is 10.1 Å². The summed E-state index contributed by atoms with van der Waals surface area (Å²) in [4.78, 5) is 28.7. The number of halogens is 1. The van der Waals surface area contributed by atoms with Crippen LogP contribution in [0.1, 0.15) is 6.42 Å². The number of urea groups is 1. The zero-order chi connectivity index (χ0) is 12.7. The molecule has 3 amide bonds. The predicted octanol–water partition coefficient (Wildman–Crippen LogP) is 1.54. The minimum Gasteiger partial charge on any atom is -0.286 e. The van der Waals surface area contributed by atoms with Gasteiger partial charge in [-0.05, 0) is 12.1 Å². The number of pyridine rings is 1. The summed E-state index contributed by atoms with van der Waals surface area (Å²) in [7, 11) is 0. The highest BCUT2D eigenvalue weighted by atomic mass is 79.9. The lowest BCUT2D eigenvalue weighted by atomic mass is 10.3. The van der Waals surface area contributed by atoms with Crippen LogP contribution in [0.3, 0.4) is 0 Å². The Bertz CT molecular complexity index is 652. The number of nitrogens with zero attached hydrogens (tertiary/aromatic N) is 3. The molecule has 0 radical (unpaired) electrons. The third-order valence-corrected chi connectivity index (χ3v) is 3.24. The zero-order valence-electron chi connectivity index (χ0n) is 9.26. The van der Waals surface area contributed by atoms with Crippen LogP contribution in [0.2, 0.25) is 0 Å². The first kappa shape index (κ1) is 11.2. The highest BCUT2D eigenvalue weighted by Gasteiger charge is 2.26. The molecule has 3 heterocycles. The number of rotatable bonds is 1. The van der Waals surface area contributed by atoms with E-state index in [0.29, 0.717) is 18.8 Å². The van der Waals surface area contributed by atoms with E-state index in [2.05, 4.69) is 26.2 Å². The molecule has 0 unspecified atom stereocenters. The van der Waals surface area contributed by atoms with Crippen molar-refractivity contribution in [1.29, 1.82) is 0 Å². The fourth-order valence-electron chi connectivity index (χ4n) is 1.96. The van der Waals surface area contributed by atoms with Gasteiger partial charge < -0.3 is 0 Å². The number of imide groups is 1. The minimum absolute atomic E-state index is 0.242. The molecule has 2 aromatic heterocycles. The Hall–Kier alpha value is -1.89. The molecule has 0 bridgehead atoms. The molecule has 0 aromatic carbocycles. The lowest BCUT2D eigenvalue weighted by molar-refractivity contribution is -0.120. The number of carbonyl (C=O) groups excluding carboxylic acids is 2. The van der Waals surface area contributed by atoms with Gasteiger partial charge in [0.15, 0.2) is 0 Å². The summed E-state index contributed by atoms with van der Waals surface area (Å²) in [5.74, 6) is 0.440. The van der Waals surface area contributed by atoms with Gasteiger partial charge in [-0.3, -0.25) is 19.4 Å². The molecule has 92 valence electrons. The van der Waals surface area contributed by atoms with Crippen molar-refractivity contribution in [3.8, 4) is 0 Å². The molecular formula is C11H9BrN4O2. The van der Waals surface area contributed by atoms with Gasteiger partial charge in [0.2, 0.25) is 5.91 Å². The van der Waals surface area contributed by atoms with Crippen LogP contribution in [0.5, 0.6) is 0 Å². The summed E-state index contributed by atoms with van der Waals surface area (Å²) >= 11 is 3.39. The Labute approximate surface area is 111 Å². The smallest absolute Gasteiger partial charge is 0.286 e. The number of nitrogens with one attached hydrogen (secondary N) is 1. The van der Waals surface area contributed by atoms with E-state index < -0.39 is 6.03 Å². The number of aromatic nitrogens is 2. The fraction of sp³-hybridized carbons (Fsp3) is 0.182. The van der Waals surface area contributed by atoms with Crippen LogP contribution in [0.15, 0.2) is 29.0 Å². The molecule has 3 rings (SSSR count). The van der Waals surface area contributed by atoms with Gasteiger partial charge in [-0.15, -0.1) is 0 Å². The van der Waals surface area contributed by atoms with Crippen LogP contribution < -0.4 is 10.2 Å². The van der Waals surface area contributed by atoms with Gasteiger partial charge in [0.25, 0.3) is 0 Å². The van der Waals surface area contributed by atoms with Crippen molar-refractivity contribution >= 4 is 39.3 Å². The minimum atomic E-state index is -0.403. The summed E-state index contributed by atoms with van der Waals surface area (Å²) in [5.41, 5.74) is 0.740. The highest BCUT2D eigenvalue weighted by Crippen LogP contribution is 2.24. The highest BCUT2D eigenvalue weighted by molar-refractivity contribution is 9.10. The van der Waals surface area contributed by atoms with Gasteiger partial charge in [0.1, 0.15) is 11.5 Å². The Morgan fingerprint density at radius 1 is 1.33 bits per heavy atom. The lowest BCUT2D eigenvalue weighted by Gasteiger charge is -2.27. The number of imidazole rings is 1. The standard InChI is InChI=1S/C11H9BrN4O2/c12-7-5-8-13-2-4-15(8)10(6-7)16-3-1-9(17)14-11(16)18/h2,4-6H,1,3H2,(H,14,17,18). The normalized spacial score (nSPS) is 16.2. The molecule has 0 spiro atoms. The Morgan fingerprint density at radius 3 is 2.94 bits per heavy atom. The van der Waals surface area contributed by atoms with Crippen LogP contribution in [0.4, 0.5) is 10.6 Å². The van der Waals surface area contributed by atoms with Crippen molar-refractivity contribution in [2.24, 2.45) is 0 Å². The van der Waals surface area contributed by atoms with Crippen LogP contribution in [-0.4, -0.2) is 27.9 Å². The van der Waals surface area contributed by atoms with Gasteiger partial charge in [0, 0.05) is 29.8 Å². The number of amides is 3. The first-order chi connectivity index (χ1) is 8.65. The summed E-state index contributed by atoms with van der Waals surface area (Å²) in [6.45, 7) is 0.369. The van der Waals surface area contributed by atoms with E-state index in [-0.39, 0.29) is 5.91 Å². The molecule has 0 saturated carbocycles. The molecule has 6 nitrogen and oxygen atoms in total. The van der Waals surface area contributed by atoms with Crippen LogP contribution >= 0.6 is 15.9 Å². The number of hydrogen-bond donors (Lipinski definition) is 1. The summed E-state index contributed by atoms with van der Waals surface area (Å²) < 4.78 is 2.64. The topological polar surface area (TPSA) is 66.7 Å². The van der Waals surface area contributed by atoms with E-state index >= 15 is 0 Å². The second kappa shape index (κ2) is 4.09. The van der Waals surface area contributed by atoms with Crippen molar-refractivity contribution in [1.82, 2.24) is 14.7 Å². The Balaban J connectivity index is 2.11. The van der Waals surface area contributed by atoms with Gasteiger partial charge in [-0.1, -0.05) is 15.9 Å². The third-order valence-electron chi connectivity index (χ3n) is 2.78. The van der Waals surface area contributed by atoms with Crippen molar-refractivity contribution in [2.75, 3.05) is 11.4 Å². The number of hydrogen-bond acceptors (Lipinski definition) is 3. The second-order valence-electron chi connectivity index (χ2n) is 3.94. The first-order valence-corrected chi connectivity index (χ1v) is 6.18. The molecule has 0 aliphatic carbocycles. The zero-order valence-corrected chi connectivity index (χ0v) is 10.8. The predicted molar refractivity (Wildman–Crippen MR) is 68.4 cm³/mol. The van der Waals surface area contributed by atoms with E-state index in [1.165, 1.54) is 4.90 Å². The molecule has 1 aliphatic heterocycles. The molecule has 0 atom stereocenters. The molecule has 1 N–H and O–H groups in total. The summed E-state index contributed by atoms with van der Waals surface area (Å²) in [6, 6.07) is 3.28. The number of anilines is 1. The van der Waals surface area contributed by atoms with Crippen molar-refractivity contribution in [3.63, 3.8) is 0 Å². The van der Waals surface area contributed by atoms with E-state index in [1.807, 2.05) is 12.1 Å². The monoisotopic (exact) mass is 308 g/mol. The first-order valence-electron chi connectivity index (χ1n) is 5.39. The largest absolute Gasteiger partial charge is 0.329 e. The second-order valence-corrected chi connectivity index (χ2v) is 4.86. The Morgan fingerprint density at radius 2 is 2.17 bits per heavy atom. The Kier molecular flexibility index (Phi) is 2.55. The van der Waals surface area contributed by atoms with Crippen molar-refractivity contribution in [2.45, 2.75) is 6.42 Å². The maximum atomic E-state index is 11.8. The maximum Gasteiger partial charge on any atom is 0.329 e. The maximum absolute atomic E-state index is 11.8. The van der Waals surface area contributed by atoms with E-state index in [4.69, 9.17) is 0 Å². The van der Waals surface area contributed by atoms with Crippen LogP contribution in [0, 0.1) is 0 Å². The van der Waals surface area contributed by atoms with Crippen LogP contribution in [-0.2, 0) is 4.79 Å². The van der Waals surface area contributed by atoms with E-state index in [9.17, 15) is 9.59 Å². The molecular weight excluding hydrogens is 300 g/mol. The summed E-state index contributed by atoms with van der Waals surface area (Å²) in [5, 5.41) is 2.30. The number of carbonyl (C=O) groups is 2. The molecule has 1 saturated heterocycles. The van der Waals surface area contributed by atoms with Crippen molar-refractivity contribution < 1.29 is 9.59 Å². The van der Waals surface area contributed by atoms with Crippen molar-refractivity contribution in [3.05, 3.63) is 29.0 Å². The van der Waals surface area contributed by atoms with Gasteiger partial charge >= 0.3 is 6.03 Å². The number of fused-ring (bicyclic) bond motifs is 1. The van der Waals surface area contributed by atoms with E-state index in [1.54, 1.807) is 16.8 Å². The fourth-order valence-corrected chi connectivity index (χ4v) is 2.37. The molecule has 1 fully saturated rings. The quantitative estimate of drug-likeness (QED) is 0.869. The van der Waals surface area contributed by atoms with Gasteiger partial charge in [-0.25, -0.2) is 9.78 Å².